The van der Waals surface area contributed by atoms with Crippen LogP contribution in [-0.2, 0) is 11.2 Å². The molecule has 106 valence electrons. The van der Waals surface area contributed by atoms with Crippen molar-refractivity contribution in [3.63, 3.8) is 0 Å². The molecular formula is C15H21Cl2NO. The molecule has 0 amide bonds. The second-order valence-corrected chi connectivity index (χ2v) is 6.59. The number of halogens is 2. The maximum Gasteiger partial charge on any atom is 0.0538 e. The molecular weight excluding hydrogens is 281 g/mol. The Morgan fingerprint density at radius 3 is 2.74 bits per heavy atom. The molecule has 1 N–H and O–H groups in total. The Morgan fingerprint density at radius 1 is 1.37 bits per heavy atom. The van der Waals surface area contributed by atoms with Crippen molar-refractivity contribution in [3.05, 3.63) is 33.8 Å². The first-order chi connectivity index (χ1) is 9.01. The molecule has 1 aliphatic heterocycles. The molecule has 1 atom stereocenters. The maximum absolute atomic E-state index is 6.29. The van der Waals surface area contributed by atoms with Crippen LogP contribution >= 0.6 is 23.2 Å². The number of benzene rings is 1. The van der Waals surface area contributed by atoms with Crippen LogP contribution < -0.4 is 5.32 Å². The second kappa shape index (κ2) is 6.45. The lowest BCUT2D eigenvalue weighted by Gasteiger charge is -2.29. The Bertz CT molecular complexity index is 428. The Morgan fingerprint density at radius 2 is 2.16 bits per heavy atom. The van der Waals surface area contributed by atoms with Crippen LogP contribution in [0.25, 0.3) is 0 Å². The van der Waals surface area contributed by atoms with E-state index in [9.17, 15) is 0 Å². The number of nitrogens with one attached hydrogen (secondary N) is 1. The number of hydrogen-bond donors (Lipinski definition) is 1. The monoisotopic (exact) mass is 301 g/mol. The summed E-state index contributed by atoms with van der Waals surface area (Å²) in [7, 11) is 0. The lowest BCUT2D eigenvalue weighted by molar-refractivity contribution is 0.148. The molecule has 4 heteroatoms. The van der Waals surface area contributed by atoms with E-state index in [0.29, 0.717) is 11.1 Å². The normalized spacial score (nSPS) is 23.2. The van der Waals surface area contributed by atoms with Crippen LogP contribution in [0.5, 0.6) is 0 Å². The predicted molar refractivity (Wildman–Crippen MR) is 81.2 cm³/mol. The third kappa shape index (κ3) is 4.09. The van der Waals surface area contributed by atoms with E-state index in [1.54, 1.807) is 0 Å². The molecule has 1 aliphatic rings. The summed E-state index contributed by atoms with van der Waals surface area (Å²) in [6, 6.07) is 6.23. The van der Waals surface area contributed by atoms with E-state index in [4.69, 9.17) is 27.9 Å². The van der Waals surface area contributed by atoms with E-state index < -0.39 is 0 Å². The van der Waals surface area contributed by atoms with E-state index in [1.165, 1.54) is 0 Å². The highest BCUT2D eigenvalue weighted by Gasteiger charge is 2.35. The van der Waals surface area contributed by atoms with Gasteiger partial charge in [0.05, 0.1) is 6.61 Å². The van der Waals surface area contributed by atoms with Gasteiger partial charge in [-0.25, -0.2) is 0 Å². The van der Waals surface area contributed by atoms with Crippen molar-refractivity contribution in [1.82, 2.24) is 5.32 Å². The Balaban J connectivity index is 2.11. The number of rotatable bonds is 5. The van der Waals surface area contributed by atoms with Crippen molar-refractivity contribution in [3.8, 4) is 0 Å². The smallest absolute Gasteiger partial charge is 0.0538 e. The summed E-state index contributed by atoms with van der Waals surface area (Å²) in [5.74, 6) is 0. The van der Waals surface area contributed by atoms with Gasteiger partial charge in [0.1, 0.15) is 0 Å². The van der Waals surface area contributed by atoms with Crippen LogP contribution in [0.2, 0.25) is 10.0 Å². The van der Waals surface area contributed by atoms with Crippen molar-refractivity contribution in [2.45, 2.75) is 32.7 Å². The summed E-state index contributed by atoms with van der Waals surface area (Å²) >= 11 is 12.2. The lowest BCUT2D eigenvalue weighted by Crippen LogP contribution is -2.39. The molecule has 0 spiro atoms. The van der Waals surface area contributed by atoms with Gasteiger partial charge in [-0.2, -0.15) is 0 Å². The van der Waals surface area contributed by atoms with Gasteiger partial charge in [0.25, 0.3) is 0 Å². The SMILES string of the molecule is CC(C)NCC1(Cc2ccc(Cl)cc2Cl)CCOC1. The molecule has 0 saturated carbocycles. The molecule has 0 aliphatic carbocycles. The predicted octanol–water partition coefficient (Wildman–Crippen LogP) is 3.94. The molecule has 2 rings (SSSR count). The van der Waals surface area contributed by atoms with Gasteiger partial charge in [0, 0.05) is 34.7 Å². The van der Waals surface area contributed by atoms with Gasteiger partial charge < -0.3 is 10.1 Å². The highest BCUT2D eigenvalue weighted by atomic mass is 35.5. The van der Waals surface area contributed by atoms with E-state index in [2.05, 4.69) is 19.2 Å². The summed E-state index contributed by atoms with van der Waals surface area (Å²) in [5, 5.41) is 4.97. The Hall–Kier alpha value is -0.280. The molecule has 1 fully saturated rings. The summed E-state index contributed by atoms with van der Waals surface area (Å²) in [5.41, 5.74) is 1.31. The van der Waals surface area contributed by atoms with Gasteiger partial charge in [0.2, 0.25) is 0 Å². The van der Waals surface area contributed by atoms with Crippen LogP contribution in [0.1, 0.15) is 25.8 Å². The number of hydrogen-bond acceptors (Lipinski definition) is 2. The fourth-order valence-corrected chi connectivity index (χ4v) is 2.96. The first kappa shape index (κ1) is 15.1. The highest BCUT2D eigenvalue weighted by Crippen LogP contribution is 2.35. The van der Waals surface area contributed by atoms with Crippen LogP contribution in [0.4, 0.5) is 0 Å². The quantitative estimate of drug-likeness (QED) is 0.889. The summed E-state index contributed by atoms with van der Waals surface area (Å²) in [6.07, 6.45) is 2.01. The zero-order chi connectivity index (χ0) is 13.9. The molecule has 1 saturated heterocycles. The minimum atomic E-state index is 0.155. The van der Waals surface area contributed by atoms with Crippen LogP contribution in [0.3, 0.4) is 0 Å². The van der Waals surface area contributed by atoms with Gasteiger partial charge in [-0.05, 0) is 30.5 Å². The minimum Gasteiger partial charge on any atom is -0.381 e. The Kier molecular flexibility index (Phi) is 5.13. The van der Waals surface area contributed by atoms with Crippen LogP contribution in [-0.4, -0.2) is 25.8 Å². The molecule has 1 heterocycles. The van der Waals surface area contributed by atoms with Gasteiger partial charge >= 0.3 is 0 Å². The molecule has 0 bridgehead atoms. The van der Waals surface area contributed by atoms with E-state index >= 15 is 0 Å². The molecule has 2 nitrogen and oxygen atoms in total. The fourth-order valence-electron chi connectivity index (χ4n) is 2.48. The molecule has 19 heavy (non-hydrogen) atoms. The largest absolute Gasteiger partial charge is 0.381 e. The zero-order valence-electron chi connectivity index (χ0n) is 11.5. The summed E-state index contributed by atoms with van der Waals surface area (Å²) in [6.45, 7) is 6.93. The van der Waals surface area contributed by atoms with Gasteiger partial charge in [0.15, 0.2) is 0 Å². The van der Waals surface area contributed by atoms with Crippen molar-refractivity contribution in [2.24, 2.45) is 5.41 Å². The van der Waals surface area contributed by atoms with Gasteiger partial charge in [-0.1, -0.05) is 43.1 Å². The zero-order valence-corrected chi connectivity index (χ0v) is 13.0. The molecule has 1 aromatic rings. The van der Waals surface area contributed by atoms with Crippen molar-refractivity contribution >= 4 is 23.2 Å². The van der Waals surface area contributed by atoms with E-state index in [1.807, 2.05) is 18.2 Å². The summed E-state index contributed by atoms with van der Waals surface area (Å²) in [4.78, 5) is 0. The average Bonchev–Trinajstić information content (AvgIpc) is 2.80. The minimum absolute atomic E-state index is 0.155. The van der Waals surface area contributed by atoms with E-state index in [0.717, 1.165) is 43.2 Å². The van der Waals surface area contributed by atoms with Crippen molar-refractivity contribution < 1.29 is 4.74 Å². The maximum atomic E-state index is 6.29. The molecule has 1 aromatic carbocycles. The molecule has 0 radical (unpaired) electrons. The average molecular weight is 302 g/mol. The topological polar surface area (TPSA) is 21.3 Å². The van der Waals surface area contributed by atoms with Gasteiger partial charge in [-0.3, -0.25) is 0 Å². The Labute approximate surface area is 125 Å². The van der Waals surface area contributed by atoms with Crippen LogP contribution in [0.15, 0.2) is 18.2 Å². The standard InChI is InChI=1S/C15H21Cl2NO/c1-11(2)18-9-15(5-6-19-10-15)8-12-3-4-13(16)7-14(12)17/h3-4,7,11,18H,5-6,8-10H2,1-2H3. The first-order valence-electron chi connectivity index (χ1n) is 6.76. The van der Waals surface area contributed by atoms with E-state index in [-0.39, 0.29) is 5.41 Å². The number of ether oxygens (including phenoxy) is 1. The first-order valence-corrected chi connectivity index (χ1v) is 7.51. The van der Waals surface area contributed by atoms with Gasteiger partial charge in [-0.15, -0.1) is 0 Å². The van der Waals surface area contributed by atoms with Crippen molar-refractivity contribution in [1.29, 1.82) is 0 Å². The molecule has 0 aromatic heterocycles. The second-order valence-electron chi connectivity index (χ2n) is 5.75. The van der Waals surface area contributed by atoms with Crippen molar-refractivity contribution in [2.75, 3.05) is 19.8 Å². The van der Waals surface area contributed by atoms with Crippen LogP contribution in [0, 0.1) is 5.41 Å². The highest BCUT2D eigenvalue weighted by molar-refractivity contribution is 6.35. The third-order valence-electron chi connectivity index (χ3n) is 3.65. The third-order valence-corrected chi connectivity index (χ3v) is 4.24. The lowest BCUT2D eigenvalue weighted by atomic mass is 9.80. The molecule has 1 unspecified atom stereocenters. The summed E-state index contributed by atoms with van der Waals surface area (Å²) < 4.78 is 5.62. The fraction of sp³-hybridized carbons (Fsp3) is 0.600.